The van der Waals surface area contributed by atoms with Gasteiger partial charge in [-0.3, -0.25) is 4.79 Å². The predicted octanol–water partition coefficient (Wildman–Crippen LogP) is 1.28. The monoisotopic (exact) mass is 379 g/mol. The van der Waals surface area contributed by atoms with Gasteiger partial charge in [0.2, 0.25) is 0 Å². The van der Waals surface area contributed by atoms with Crippen LogP contribution < -0.4 is 11.2 Å². The molecule has 1 heterocycles. The zero-order chi connectivity index (χ0) is 20.2. The van der Waals surface area contributed by atoms with E-state index in [1.54, 1.807) is 18.2 Å². The summed E-state index contributed by atoms with van der Waals surface area (Å²) in [5, 5.41) is 33.8. The number of nitrogens with two attached hydrogens (primary N) is 1. The van der Waals surface area contributed by atoms with Crippen LogP contribution in [0.3, 0.4) is 0 Å². The number of carbonyl (C=O) groups is 1. The summed E-state index contributed by atoms with van der Waals surface area (Å²) < 4.78 is 38.8. The number of nitrogen functional groups attached to an aromatic ring is 1. The van der Waals surface area contributed by atoms with Gasteiger partial charge in [-0.15, -0.1) is 0 Å². The Kier molecular flexibility index (Phi) is 5.98. The van der Waals surface area contributed by atoms with Gasteiger partial charge in [-0.25, -0.2) is 0 Å². The molecule has 5 N–H and O–H groups in total. The molecule has 0 radical (unpaired) electrons. The summed E-state index contributed by atoms with van der Waals surface area (Å²) in [7, 11) is -2.24. The van der Waals surface area contributed by atoms with E-state index in [4.69, 9.17) is 15.6 Å². The molecule has 7 nitrogen and oxygen atoms in total. The molecule has 0 amide bonds. The van der Waals surface area contributed by atoms with E-state index in [0.717, 1.165) is 12.1 Å². The van der Waals surface area contributed by atoms with E-state index in [1.807, 2.05) is 0 Å². The molecule has 0 saturated carbocycles. The standard InChI is InChI=1S/C15H11BF3N3O2.CH2O2/c17-15(18,19)11-4-2-8(5-12(11)16(23)24)9-1-3-10-13(20)7-21-22-14(10)6-9;2-1-3/h1-7,23-24H,(H2,20,22);1H,(H,2,3). The van der Waals surface area contributed by atoms with Crippen molar-refractivity contribution in [3.63, 3.8) is 0 Å². The van der Waals surface area contributed by atoms with Gasteiger partial charge in [-0.1, -0.05) is 18.2 Å². The van der Waals surface area contributed by atoms with Gasteiger partial charge >= 0.3 is 13.3 Å². The highest BCUT2D eigenvalue weighted by Crippen LogP contribution is 2.31. The second kappa shape index (κ2) is 8.02. The van der Waals surface area contributed by atoms with Crippen LogP contribution in [0.15, 0.2) is 42.6 Å². The third kappa shape index (κ3) is 4.51. The number of fused-ring (bicyclic) bond motifs is 1. The Hall–Kier alpha value is -3.18. The summed E-state index contributed by atoms with van der Waals surface area (Å²) in [6.07, 6.45) is -3.28. The van der Waals surface area contributed by atoms with Crippen molar-refractivity contribution in [2.75, 3.05) is 5.73 Å². The number of aromatic nitrogens is 2. The zero-order valence-electron chi connectivity index (χ0n) is 13.6. The van der Waals surface area contributed by atoms with E-state index in [-0.39, 0.29) is 6.47 Å². The van der Waals surface area contributed by atoms with Crippen molar-refractivity contribution in [1.29, 1.82) is 0 Å². The first-order chi connectivity index (χ1) is 12.7. The number of carboxylic acid groups (broad SMARTS) is 1. The average Bonchev–Trinajstić information content (AvgIpc) is 2.61. The average molecular weight is 379 g/mol. The lowest BCUT2D eigenvalue weighted by molar-refractivity contribution is -0.136. The zero-order valence-corrected chi connectivity index (χ0v) is 13.6. The Bertz CT molecular complexity index is 967. The van der Waals surface area contributed by atoms with Gasteiger partial charge in [0.1, 0.15) is 0 Å². The minimum atomic E-state index is -4.68. The first-order valence-electron chi connectivity index (χ1n) is 7.35. The normalized spacial score (nSPS) is 10.9. The van der Waals surface area contributed by atoms with Crippen molar-refractivity contribution in [1.82, 2.24) is 10.2 Å². The van der Waals surface area contributed by atoms with Crippen LogP contribution >= 0.6 is 0 Å². The highest BCUT2D eigenvalue weighted by Gasteiger charge is 2.36. The number of hydrogen-bond acceptors (Lipinski definition) is 6. The molecule has 0 unspecified atom stereocenters. The number of halogens is 3. The Labute approximate surface area is 151 Å². The summed E-state index contributed by atoms with van der Waals surface area (Å²) in [5.41, 5.74) is 5.94. The van der Waals surface area contributed by atoms with E-state index in [9.17, 15) is 23.2 Å². The molecule has 140 valence electrons. The van der Waals surface area contributed by atoms with Gasteiger partial charge in [-0.2, -0.15) is 23.4 Å². The second-order valence-corrected chi connectivity index (χ2v) is 5.31. The predicted molar refractivity (Wildman–Crippen MR) is 92.9 cm³/mol. The van der Waals surface area contributed by atoms with Crippen LogP contribution in [0.1, 0.15) is 5.56 Å². The van der Waals surface area contributed by atoms with Crippen molar-refractivity contribution in [2.24, 2.45) is 0 Å². The molecule has 1 aromatic heterocycles. The van der Waals surface area contributed by atoms with Crippen LogP contribution in [-0.4, -0.2) is 38.9 Å². The SMILES string of the molecule is Nc1cnnc2cc(-c3ccc(C(F)(F)F)c(B(O)O)c3)ccc12.O=CO. The fraction of sp³-hybridized carbons (Fsp3) is 0.0625. The molecule has 0 saturated heterocycles. The molecule has 27 heavy (non-hydrogen) atoms. The van der Waals surface area contributed by atoms with Crippen LogP contribution in [0.5, 0.6) is 0 Å². The van der Waals surface area contributed by atoms with Gasteiger partial charge in [0.05, 0.1) is 23.0 Å². The van der Waals surface area contributed by atoms with Gasteiger partial charge in [0.15, 0.2) is 0 Å². The summed E-state index contributed by atoms with van der Waals surface area (Å²) in [6, 6.07) is 8.13. The minimum absolute atomic E-state index is 0.250. The Morgan fingerprint density at radius 2 is 1.67 bits per heavy atom. The lowest BCUT2D eigenvalue weighted by atomic mass is 9.75. The third-order valence-electron chi connectivity index (χ3n) is 3.64. The molecule has 0 atom stereocenters. The minimum Gasteiger partial charge on any atom is -0.483 e. The number of anilines is 1. The first-order valence-corrected chi connectivity index (χ1v) is 7.35. The molecule has 3 aromatic rings. The molecule has 11 heteroatoms. The van der Waals surface area contributed by atoms with Gasteiger partial charge in [0.25, 0.3) is 6.47 Å². The van der Waals surface area contributed by atoms with Gasteiger partial charge in [-0.05, 0) is 34.8 Å². The first kappa shape index (κ1) is 20.1. The lowest BCUT2D eigenvalue weighted by Gasteiger charge is -2.14. The Morgan fingerprint density at radius 3 is 2.26 bits per heavy atom. The molecular weight excluding hydrogens is 366 g/mol. The van der Waals surface area contributed by atoms with E-state index in [1.165, 1.54) is 12.3 Å². The Balaban J connectivity index is 0.000000817. The lowest BCUT2D eigenvalue weighted by Crippen LogP contribution is -2.36. The van der Waals surface area contributed by atoms with Crippen LogP contribution in [0, 0.1) is 0 Å². The molecule has 2 aromatic carbocycles. The second-order valence-electron chi connectivity index (χ2n) is 5.31. The summed E-state index contributed by atoms with van der Waals surface area (Å²) in [6.45, 7) is -0.250. The van der Waals surface area contributed by atoms with Crippen molar-refractivity contribution in [3.8, 4) is 11.1 Å². The molecule has 0 aliphatic heterocycles. The van der Waals surface area contributed by atoms with E-state index < -0.39 is 24.3 Å². The van der Waals surface area contributed by atoms with Crippen LogP contribution in [0.4, 0.5) is 18.9 Å². The smallest absolute Gasteiger partial charge is 0.483 e. The fourth-order valence-corrected chi connectivity index (χ4v) is 2.47. The maximum Gasteiger partial charge on any atom is 0.489 e. The number of hydrogen-bond donors (Lipinski definition) is 4. The largest absolute Gasteiger partial charge is 0.489 e. The molecule has 0 fully saturated rings. The number of rotatable bonds is 2. The van der Waals surface area contributed by atoms with Crippen molar-refractivity contribution >= 4 is 35.6 Å². The molecule has 0 aliphatic carbocycles. The van der Waals surface area contributed by atoms with Crippen LogP contribution in [-0.2, 0) is 11.0 Å². The maximum atomic E-state index is 12.9. The molecule has 3 rings (SSSR count). The number of alkyl halides is 3. The van der Waals surface area contributed by atoms with E-state index in [2.05, 4.69) is 10.2 Å². The van der Waals surface area contributed by atoms with Gasteiger partial charge < -0.3 is 20.9 Å². The van der Waals surface area contributed by atoms with E-state index >= 15 is 0 Å². The quantitative estimate of drug-likeness (QED) is 0.390. The summed E-state index contributed by atoms with van der Waals surface area (Å²) >= 11 is 0. The Morgan fingerprint density at radius 1 is 1.07 bits per heavy atom. The van der Waals surface area contributed by atoms with E-state index in [0.29, 0.717) is 27.7 Å². The summed E-state index contributed by atoms with van der Waals surface area (Å²) in [4.78, 5) is 8.36. The fourth-order valence-electron chi connectivity index (χ4n) is 2.47. The molecular formula is C16H13BF3N3O4. The number of benzene rings is 2. The topological polar surface area (TPSA) is 130 Å². The third-order valence-corrected chi connectivity index (χ3v) is 3.64. The molecule has 0 aliphatic rings. The van der Waals surface area contributed by atoms with Gasteiger partial charge in [0, 0.05) is 5.39 Å². The highest BCUT2D eigenvalue weighted by molar-refractivity contribution is 6.59. The van der Waals surface area contributed by atoms with Crippen LogP contribution in [0.2, 0.25) is 0 Å². The molecule has 0 bridgehead atoms. The molecule has 0 spiro atoms. The number of nitrogens with zero attached hydrogens (tertiary/aromatic N) is 2. The maximum absolute atomic E-state index is 12.9. The summed E-state index contributed by atoms with van der Waals surface area (Å²) in [5.74, 6) is 0. The van der Waals surface area contributed by atoms with Crippen molar-refractivity contribution in [2.45, 2.75) is 6.18 Å². The van der Waals surface area contributed by atoms with Crippen LogP contribution in [0.25, 0.3) is 22.0 Å². The van der Waals surface area contributed by atoms with Crippen molar-refractivity contribution < 1.29 is 33.1 Å². The highest BCUT2D eigenvalue weighted by atomic mass is 19.4. The van der Waals surface area contributed by atoms with Crippen molar-refractivity contribution in [3.05, 3.63) is 48.2 Å².